The number of benzene rings is 2. The fourth-order valence-electron chi connectivity index (χ4n) is 3.99. The predicted octanol–water partition coefficient (Wildman–Crippen LogP) is 4.24. The third-order valence-corrected chi connectivity index (χ3v) is 5.89. The van der Waals surface area contributed by atoms with Crippen molar-refractivity contribution in [3.05, 3.63) is 76.0 Å². The van der Waals surface area contributed by atoms with Gasteiger partial charge in [-0.2, -0.15) is 5.10 Å². The molecule has 0 unspecified atom stereocenters. The van der Waals surface area contributed by atoms with Crippen molar-refractivity contribution >= 4 is 28.0 Å². The maximum absolute atomic E-state index is 12.6. The molecule has 0 saturated carbocycles. The van der Waals surface area contributed by atoms with E-state index >= 15 is 0 Å². The van der Waals surface area contributed by atoms with Gasteiger partial charge in [-0.25, -0.2) is 4.79 Å². The quantitative estimate of drug-likeness (QED) is 0.562. The molecule has 7 nitrogen and oxygen atoms in total. The molecule has 0 radical (unpaired) electrons. The summed E-state index contributed by atoms with van der Waals surface area (Å²) in [5.41, 5.74) is 5.08. The Labute approximate surface area is 181 Å². The number of aliphatic carboxylic acids is 1. The monoisotopic (exact) mass is 469 g/mol. The van der Waals surface area contributed by atoms with Gasteiger partial charge in [-0.15, -0.1) is 0 Å². The number of nitrogens with one attached hydrogen (secondary N) is 1. The molecule has 1 aliphatic rings. The van der Waals surface area contributed by atoms with Crippen molar-refractivity contribution in [3.63, 3.8) is 0 Å². The Morgan fingerprint density at radius 1 is 1.17 bits per heavy atom. The highest BCUT2D eigenvalue weighted by Crippen LogP contribution is 2.44. The number of ether oxygens (including phenoxy) is 1. The number of nitrogens with zero attached hydrogens (tertiary/aromatic N) is 2. The van der Waals surface area contributed by atoms with Crippen LogP contribution in [0.1, 0.15) is 35.2 Å². The molecular weight excluding hydrogens is 450 g/mol. The van der Waals surface area contributed by atoms with Crippen molar-refractivity contribution in [1.29, 1.82) is 0 Å². The summed E-state index contributed by atoms with van der Waals surface area (Å²) in [6, 6.07) is 15.4. The van der Waals surface area contributed by atoms with Gasteiger partial charge in [0.05, 0.1) is 28.8 Å². The summed E-state index contributed by atoms with van der Waals surface area (Å²) in [5, 5.41) is 16.0. The van der Waals surface area contributed by atoms with E-state index in [0.717, 1.165) is 22.3 Å². The molecule has 1 amide bonds. The largest absolute Gasteiger partial charge is 0.481 e. The summed E-state index contributed by atoms with van der Waals surface area (Å²) in [5.74, 6) is -1.10. The summed E-state index contributed by atoms with van der Waals surface area (Å²) < 4.78 is 7.69. The van der Waals surface area contributed by atoms with Gasteiger partial charge in [0.25, 0.3) is 0 Å². The van der Waals surface area contributed by atoms with Crippen LogP contribution in [0.15, 0.2) is 59.2 Å². The second-order valence-corrected chi connectivity index (χ2v) is 7.98. The second-order valence-electron chi connectivity index (χ2n) is 7.12. The van der Waals surface area contributed by atoms with Crippen LogP contribution >= 0.6 is 15.9 Å². The van der Waals surface area contributed by atoms with Gasteiger partial charge in [-0.05, 0) is 38.2 Å². The predicted molar refractivity (Wildman–Crippen MR) is 114 cm³/mol. The average Bonchev–Trinajstić information content (AvgIpc) is 3.22. The number of halogens is 1. The Hall–Kier alpha value is -3.13. The fourth-order valence-corrected chi connectivity index (χ4v) is 4.61. The van der Waals surface area contributed by atoms with Crippen molar-refractivity contribution in [2.24, 2.45) is 7.05 Å². The van der Waals surface area contributed by atoms with E-state index in [1.165, 1.54) is 4.68 Å². The Kier molecular flexibility index (Phi) is 5.59. The number of fused-ring (bicyclic) bond motifs is 3. The molecule has 154 valence electrons. The third-order valence-electron chi connectivity index (χ3n) is 5.28. The number of carboxylic acids is 1. The first-order valence-electron chi connectivity index (χ1n) is 9.46. The van der Waals surface area contributed by atoms with E-state index in [2.05, 4.69) is 38.5 Å². The molecule has 8 heteroatoms. The summed E-state index contributed by atoms with van der Waals surface area (Å²) >= 11 is 3.36. The summed E-state index contributed by atoms with van der Waals surface area (Å²) in [4.78, 5) is 23.9. The molecule has 0 spiro atoms. The number of hydrogen-bond donors (Lipinski definition) is 2. The maximum Gasteiger partial charge on any atom is 0.407 e. The van der Waals surface area contributed by atoms with Crippen LogP contribution in [0.4, 0.5) is 4.79 Å². The molecule has 1 aliphatic carbocycles. The lowest BCUT2D eigenvalue weighted by molar-refractivity contribution is -0.137. The van der Waals surface area contributed by atoms with Crippen LogP contribution in [0.5, 0.6) is 0 Å². The van der Waals surface area contributed by atoms with Gasteiger partial charge < -0.3 is 15.2 Å². The topological polar surface area (TPSA) is 93.5 Å². The van der Waals surface area contributed by atoms with E-state index in [1.54, 1.807) is 13.2 Å². The normalized spacial score (nSPS) is 13.4. The Morgan fingerprint density at radius 2 is 1.77 bits per heavy atom. The Balaban J connectivity index is 1.50. The van der Waals surface area contributed by atoms with Crippen molar-refractivity contribution < 1.29 is 19.4 Å². The number of carbonyl (C=O) groups is 2. The minimum absolute atomic E-state index is 0.0653. The summed E-state index contributed by atoms with van der Waals surface area (Å²) in [6.07, 6.45) is 0.600. The molecule has 4 rings (SSSR count). The van der Waals surface area contributed by atoms with Crippen molar-refractivity contribution in [2.45, 2.75) is 18.4 Å². The fraction of sp³-hybridized carbons (Fsp3) is 0.227. The second kappa shape index (κ2) is 8.31. The number of alkyl carbamates (subject to hydrolysis) is 1. The lowest BCUT2D eigenvalue weighted by Crippen LogP contribution is -2.33. The minimum atomic E-state index is -1.04. The Bertz CT molecular complexity index is 1050. The molecular formula is C22H20BrN3O4. The highest BCUT2D eigenvalue weighted by molar-refractivity contribution is 9.10. The van der Waals surface area contributed by atoms with E-state index in [4.69, 9.17) is 4.74 Å². The zero-order valence-electron chi connectivity index (χ0n) is 16.2. The molecule has 2 aromatic carbocycles. The first kappa shape index (κ1) is 20.2. The zero-order chi connectivity index (χ0) is 21.3. The highest BCUT2D eigenvalue weighted by atomic mass is 79.9. The number of carbonyl (C=O) groups excluding carboxylic acids is 1. The van der Waals surface area contributed by atoms with Gasteiger partial charge in [0.1, 0.15) is 6.61 Å². The van der Waals surface area contributed by atoms with Gasteiger partial charge in [0, 0.05) is 13.0 Å². The van der Waals surface area contributed by atoms with Crippen LogP contribution < -0.4 is 5.32 Å². The van der Waals surface area contributed by atoms with Crippen molar-refractivity contribution in [3.8, 4) is 11.1 Å². The minimum Gasteiger partial charge on any atom is -0.481 e. The van der Waals surface area contributed by atoms with E-state index in [0.29, 0.717) is 10.2 Å². The van der Waals surface area contributed by atoms with Crippen LogP contribution in [-0.4, -0.2) is 33.6 Å². The van der Waals surface area contributed by atoms with Crippen LogP contribution in [0.25, 0.3) is 11.1 Å². The molecule has 1 aromatic heterocycles. The summed E-state index contributed by atoms with van der Waals surface area (Å²) in [6.45, 7) is 0.159. The van der Waals surface area contributed by atoms with Crippen LogP contribution in [0, 0.1) is 0 Å². The van der Waals surface area contributed by atoms with Gasteiger partial charge in [-0.1, -0.05) is 48.5 Å². The Morgan fingerprint density at radius 3 is 2.30 bits per heavy atom. The van der Waals surface area contributed by atoms with Crippen LogP contribution in [-0.2, 0) is 16.6 Å². The highest BCUT2D eigenvalue weighted by Gasteiger charge is 2.30. The van der Waals surface area contributed by atoms with E-state index < -0.39 is 18.1 Å². The number of carboxylic acid groups (broad SMARTS) is 1. The lowest BCUT2D eigenvalue weighted by atomic mass is 9.98. The number of aryl methyl sites for hydroxylation is 1. The molecule has 0 saturated heterocycles. The molecule has 1 atom stereocenters. The van der Waals surface area contributed by atoms with Crippen molar-refractivity contribution in [2.75, 3.05) is 6.61 Å². The van der Waals surface area contributed by atoms with Gasteiger partial charge in [0.15, 0.2) is 0 Å². The number of aromatic nitrogens is 2. The van der Waals surface area contributed by atoms with E-state index in [-0.39, 0.29) is 18.9 Å². The smallest absolute Gasteiger partial charge is 0.407 e. The SMILES string of the molecule is Cn1ncc(Br)c1[C@H](CC(=O)O)NC(=O)OCC1c2ccccc2-c2ccccc21. The molecule has 2 N–H and O–H groups in total. The molecule has 0 fully saturated rings. The number of hydrogen-bond acceptors (Lipinski definition) is 4. The van der Waals surface area contributed by atoms with Crippen LogP contribution in [0.2, 0.25) is 0 Å². The molecule has 1 heterocycles. The standard InChI is InChI=1S/C22H20BrN3O4/c1-26-21(18(23)11-24-26)19(10-20(27)28)25-22(29)30-12-17-15-8-4-2-6-13(15)14-7-3-5-9-16(14)17/h2-9,11,17,19H,10,12H2,1H3,(H,25,29)(H,27,28)/t19-/m0/s1. The van der Waals surface area contributed by atoms with Gasteiger partial charge in [0.2, 0.25) is 0 Å². The molecule has 3 aromatic rings. The van der Waals surface area contributed by atoms with Gasteiger partial charge in [-0.3, -0.25) is 9.48 Å². The van der Waals surface area contributed by atoms with Crippen molar-refractivity contribution in [1.82, 2.24) is 15.1 Å². The molecule has 0 aliphatic heterocycles. The third kappa shape index (κ3) is 3.82. The van der Waals surface area contributed by atoms with E-state index in [1.807, 2.05) is 36.4 Å². The first-order valence-corrected chi connectivity index (χ1v) is 10.3. The van der Waals surface area contributed by atoms with Crippen LogP contribution in [0.3, 0.4) is 0 Å². The average molecular weight is 470 g/mol. The number of amides is 1. The summed E-state index contributed by atoms with van der Waals surface area (Å²) in [7, 11) is 1.69. The lowest BCUT2D eigenvalue weighted by Gasteiger charge is -2.19. The zero-order valence-corrected chi connectivity index (χ0v) is 17.8. The number of rotatable bonds is 6. The molecule has 30 heavy (non-hydrogen) atoms. The molecule has 0 bridgehead atoms. The van der Waals surface area contributed by atoms with E-state index in [9.17, 15) is 14.7 Å². The first-order chi connectivity index (χ1) is 14.5. The maximum atomic E-state index is 12.6. The van der Waals surface area contributed by atoms with Gasteiger partial charge >= 0.3 is 12.1 Å².